The first kappa shape index (κ1) is 12.5. The fourth-order valence-corrected chi connectivity index (χ4v) is 1.81. The van der Waals surface area contributed by atoms with Gasteiger partial charge in [0.1, 0.15) is 5.52 Å². The lowest BCUT2D eigenvalue weighted by Gasteiger charge is -2.15. The highest BCUT2D eigenvalue weighted by Gasteiger charge is 2.13. The second-order valence-electron chi connectivity index (χ2n) is 4.06. The molecule has 0 aliphatic carbocycles. The Kier molecular flexibility index (Phi) is 3.57. The molecule has 6 heteroatoms. The third-order valence-electron chi connectivity index (χ3n) is 2.84. The van der Waals surface area contributed by atoms with E-state index in [-0.39, 0.29) is 12.5 Å². The van der Waals surface area contributed by atoms with E-state index in [1.165, 1.54) is 4.90 Å². The van der Waals surface area contributed by atoms with Gasteiger partial charge in [-0.15, -0.1) is 5.10 Å². The first-order valence-corrected chi connectivity index (χ1v) is 5.87. The predicted octanol–water partition coefficient (Wildman–Crippen LogP) is 0.516. The molecule has 0 saturated heterocycles. The Bertz CT molecular complexity index is 564. The van der Waals surface area contributed by atoms with Gasteiger partial charge in [-0.1, -0.05) is 5.21 Å². The summed E-state index contributed by atoms with van der Waals surface area (Å²) in [6.07, 6.45) is 0. The summed E-state index contributed by atoms with van der Waals surface area (Å²) >= 11 is 0. The van der Waals surface area contributed by atoms with Crippen LogP contribution in [0.15, 0.2) is 18.2 Å². The number of likely N-dealkylation sites (N-methyl/N-ethyl adjacent to an activating group) is 1. The van der Waals surface area contributed by atoms with Gasteiger partial charge in [-0.2, -0.15) is 0 Å². The SMILES string of the molecule is CCn1nnc2cc(C(=O)N(C)CCO)ccc21. The van der Waals surface area contributed by atoms with E-state index in [1.54, 1.807) is 23.9 Å². The number of aromatic nitrogens is 3. The van der Waals surface area contributed by atoms with Crippen LogP contribution in [0.1, 0.15) is 17.3 Å². The molecule has 1 heterocycles. The van der Waals surface area contributed by atoms with Crippen LogP contribution in [0.3, 0.4) is 0 Å². The van der Waals surface area contributed by atoms with Crippen molar-refractivity contribution in [3.8, 4) is 0 Å². The maximum Gasteiger partial charge on any atom is 0.253 e. The topological polar surface area (TPSA) is 71.2 Å². The van der Waals surface area contributed by atoms with Crippen LogP contribution in [0.4, 0.5) is 0 Å². The average molecular weight is 248 g/mol. The molecule has 6 nitrogen and oxygen atoms in total. The molecule has 0 saturated carbocycles. The van der Waals surface area contributed by atoms with E-state index in [2.05, 4.69) is 10.3 Å². The van der Waals surface area contributed by atoms with E-state index >= 15 is 0 Å². The number of nitrogens with zero attached hydrogens (tertiary/aromatic N) is 4. The largest absolute Gasteiger partial charge is 0.395 e. The van der Waals surface area contributed by atoms with Crippen molar-refractivity contribution < 1.29 is 9.90 Å². The zero-order valence-electron chi connectivity index (χ0n) is 10.5. The van der Waals surface area contributed by atoms with Crippen LogP contribution in [0.2, 0.25) is 0 Å². The first-order chi connectivity index (χ1) is 8.67. The quantitative estimate of drug-likeness (QED) is 0.856. The molecule has 1 amide bonds. The Labute approximate surface area is 105 Å². The second kappa shape index (κ2) is 5.14. The number of hydrogen-bond donors (Lipinski definition) is 1. The number of hydrogen-bond acceptors (Lipinski definition) is 4. The van der Waals surface area contributed by atoms with E-state index in [4.69, 9.17) is 5.11 Å². The van der Waals surface area contributed by atoms with Crippen molar-refractivity contribution in [1.29, 1.82) is 0 Å². The van der Waals surface area contributed by atoms with Crippen molar-refractivity contribution in [2.75, 3.05) is 20.2 Å². The number of carbonyl (C=O) groups excluding carboxylic acids is 1. The standard InChI is InChI=1S/C12H16N4O2/c1-3-16-11-5-4-9(8-10(11)13-14-16)12(18)15(2)6-7-17/h4-5,8,17H,3,6-7H2,1-2H3. The van der Waals surface area contributed by atoms with Gasteiger partial charge in [0.2, 0.25) is 0 Å². The molecule has 0 bridgehead atoms. The lowest BCUT2D eigenvalue weighted by molar-refractivity contribution is 0.0767. The fourth-order valence-electron chi connectivity index (χ4n) is 1.81. The number of aryl methyl sites for hydroxylation is 1. The zero-order valence-corrected chi connectivity index (χ0v) is 10.5. The van der Waals surface area contributed by atoms with Gasteiger partial charge >= 0.3 is 0 Å². The lowest BCUT2D eigenvalue weighted by Crippen LogP contribution is -2.29. The number of amides is 1. The second-order valence-corrected chi connectivity index (χ2v) is 4.06. The summed E-state index contributed by atoms with van der Waals surface area (Å²) in [6, 6.07) is 5.33. The number of rotatable bonds is 4. The average Bonchev–Trinajstić information content (AvgIpc) is 2.80. The van der Waals surface area contributed by atoms with Gasteiger partial charge in [-0.25, -0.2) is 4.68 Å². The minimum atomic E-state index is -0.128. The predicted molar refractivity (Wildman–Crippen MR) is 67.2 cm³/mol. The van der Waals surface area contributed by atoms with Crippen molar-refractivity contribution in [2.24, 2.45) is 0 Å². The highest BCUT2D eigenvalue weighted by atomic mass is 16.3. The summed E-state index contributed by atoms with van der Waals surface area (Å²) < 4.78 is 1.78. The molecule has 0 aliphatic rings. The Morgan fingerprint density at radius 3 is 2.94 bits per heavy atom. The van der Waals surface area contributed by atoms with Crippen LogP contribution >= 0.6 is 0 Å². The molecule has 0 spiro atoms. The summed E-state index contributed by atoms with van der Waals surface area (Å²) in [4.78, 5) is 13.5. The third kappa shape index (κ3) is 2.19. The van der Waals surface area contributed by atoms with E-state index in [0.29, 0.717) is 17.6 Å². The maximum atomic E-state index is 12.0. The van der Waals surface area contributed by atoms with Crippen molar-refractivity contribution in [3.05, 3.63) is 23.8 Å². The van der Waals surface area contributed by atoms with E-state index in [9.17, 15) is 4.79 Å². The monoisotopic (exact) mass is 248 g/mol. The summed E-state index contributed by atoms with van der Waals surface area (Å²) in [5.74, 6) is -0.128. The Balaban J connectivity index is 2.33. The molecule has 1 aromatic heterocycles. The maximum absolute atomic E-state index is 12.0. The van der Waals surface area contributed by atoms with Gasteiger partial charge in [0.25, 0.3) is 5.91 Å². The highest BCUT2D eigenvalue weighted by Crippen LogP contribution is 2.14. The summed E-state index contributed by atoms with van der Waals surface area (Å²) in [5, 5.41) is 16.8. The van der Waals surface area contributed by atoms with E-state index in [0.717, 1.165) is 12.1 Å². The number of benzene rings is 1. The molecule has 96 valence electrons. The van der Waals surface area contributed by atoms with Gasteiger partial charge in [-0.3, -0.25) is 4.79 Å². The number of aliphatic hydroxyl groups is 1. The van der Waals surface area contributed by atoms with Crippen LogP contribution in [-0.4, -0.2) is 51.1 Å². The molecule has 18 heavy (non-hydrogen) atoms. The molecule has 2 aromatic rings. The normalized spacial score (nSPS) is 10.8. The third-order valence-corrected chi connectivity index (χ3v) is 2.84. The molecule has 0 fully saturated rings. The number of aliphatic hydroxyl groups excluding tert-OH is 1. The number of carbonyl (C=O) groups is 1. The Morgan fingerprint density at radius 2 is 2.28 bits per heavy atom. The van der Waals surface area contributed by atoms with E-state index in [1.807, 2.05) is 13.0 Å². The molecule has 0 atom stereocenters. The summed E-state index contributed by atoms with van der Waals surface area (Å²) in [5.41, 5.74) is 2.18. The van der Waals surface area contributed by atoms with Crippen LogP contribution < -0.4 is 0 Å². The van der Waals surface area contributed by atoms with Gasteiger partial charge in [0.05, 0.1) is 12.1 Å². The molecule has 0 unspecified atom stereocenters. The van der Waals surface area contributed by atoms with Crippen molar-refractivity contribution in [2.45, 2.75) is 13.5 Å². The molecular weight excluding hydrogens is 232 g/mol. The van der Waals surface area contributed by atoms with Crippen LogP contribution in [0.25, 0.3) is 11.0 Å². The van der Waals surface area contributed by atoms with Gasteiger partial charge in [0, 0.05) is 25.7 Å². The smallest absolute Gasteiger partial charge is 0.253 e. The van der Waals surface area contributed by atoms with Gasteiger partial charge in [0.15, 0.2) is 0 Å². The summed E-state index contributed by atoms with van der Waals surface area (Å²) in [7, 11) is 1.66. The molecule has 2 rings (SSSR count). The first-order valence-electron chi connectivity index (χ1n) is 5.87. The van der Waals surface area contributed by atoms with E-state index < -0.39 is 0 Å². The Hall–Kier alpha value is -1.95. The van der Waals surface area contributed by atoms with Gasteiger partial charge < -0.3 is 10.0 Å². The molecule has 0 radical (unpaired) electrons. The van der Waals surface area contributed by atoms with Crippen LogP contribution in [0.5, 0.6) is 0 Å². The van der Waals surface area contributed by atoms with Crippen molar-refractivity contribution >= 4 is 16.9 Å². The molecule has 0 aliphatic heterocycles. The molecular formula is C12H16N4O2. The number of fused-ring (bicyclic) bond motifs is 1. The van der Waals surface area contributed by atoms with Crippen LogP contribution in [0, 0.1) is 0 Å². The van der Waals surface area contributed by atoms with Crippen LogP contribution in [-0.2, 0) is 6.54 Å². The minimum absolute atomic E-state index is 0.0451. The molecule has 1 N–H and O–H groups in total. The minimum Gasteiger partial charge on any atom is -0.395 e. The molecule has 1 aromatic carbocycles. The fraction of sp³-hybridized carbons (Fsp3) is 0.417. The summed E-state index contributed by atoms with van der Waals surface area (Å²) in [6.45, 7) is 3.01. The van der Waals surface area contributed by atoms with Gasteiger partial charge in [-0.05, 0) is 25.1 Å². The highest BCUT2D eigenvalue weighted by molar-refractivity contribution is 5.97. The zero-order chi connectivity index (χ0) is 13.1. The van der Waals surface area contributed by atoms with Crippen molar-refractivity contribution in [3.63, 3.8) is 0 Å². The Morgan fingerprint density at radius 1 is 1.50 bits per heavy atom. The van der Waals surface area contributed by atoms with Crippen molar-refractivity contribution in [1.82, 2.24) is 19.9 Å². The lowest BCUT2D eigenvalue weighted by atomic mass is 10.1.